The van der Waals surface area contributed by atoms with Crippen molar-refractivity contribution < 1.29 is 8.42 Å². The third-order valence-corrected chi connectivity index (χ3v) is 4.84. The van der Waals surface area contributed by atoms with E-state index in [4.69, 9.17) is 5.26 Å². The number of sulfonamides is 1. The molecule has 0 amide bonds. The molecule has 0 saturated carbocycles. The number of nitrogens with zero attached hydrogens (tertiary/aromatic N) is 2. The minimum Gasteiger partial charge on any atom is -0.269 e. The highest BCUT2D eigenvalue weighted by Crippen LogP contribution is 2.28. The molecule has 0 aliphatic carbocycles. The molecule has 1 aliphatic heterocycles. The lowest BCUT2D eigenvalue weighted by molar-refractivity contribution is 0.574. The molecule has 17 heavy (non-hydrogen) atoms. The first-order valence-electron chi connectivity index (χ1n) is 5.56. The summed E-state index contributed by atoms with van der Waals surface area (Å²) in [5.41, 5.74) is 1.79. The maximum atomic E-state index is 12.0. The van der Waals surface area contributed by atoms with E-state index in [1.54, 1.807) is 12.1 Å². The average Bonchev–Trinajstić information content (AvgIpc) is 2.28. The topological polar surface area (TPSA) is 61.2 Å². The van der Waals surface area contributed by atoms with Crippen LogP contribution in [0.25, 0.3) is 0 Å². The molecule has 0 N–H and O–H groups in total. The van der Waals surface area contributed by atoms with Gasteiger partial charge in [-0.15, -0.1) is 0 Å². The maximum Gasteiger partial charge on any atom is 0.235 e. The zero-order chi connectivity index (χ0) is 12.5. The Hall–Kier alpha value is -1.54. The zero-order valence-electron chi connectivity index (χ0n) is 9.68. The van der Waals surface area contributed by atoms with E-state index in [-0.39, 0.29) is 5.75 Å². The Morgan fingerprint density at radius 3 is 2.76 bits per heavy atom. The molecule has 0 spiro atoms. The summed E-state index contributed by atoms with van der Waals surface area (Å²) in [6, 6.07) is 7.40. The Bertz CT molecular complexity index is 573. The number of nitriles is 1. The van der Waals surface area contributed by atoms with Crippen LogP contribution in [-0.2, 0) is 10.0 Å². The summed E-state index contributed by atoms with van der Waals surface area (Å²) < 4.78 is 25.3. The summed E-state index contributed by atoms with van der Waals surface area (Å²) in [6.45, 7) is 2.29. The molecule has 1 saturated heterocycles. The minimum atomic E-state index is -3.24. The van der Waals surface area contributed by atoms with Crippen molar-refractivity contribution >= 4 is 15.7 Å². The van der Waals surface area contributed by atoms with E-state index >= 15 is 0 Å². The monoisotopic (exact) mass is 250 g/mol. The predicted molar refractivity (Wildman–Crippen MR) is 66.3 cm³/mol. The van der Waals surface area contributed by atoms with E-state index in [1.165, 1.54) is 4.31 Å². The SMILES string of the molecule is Cc1cccc(N2CCCCS2(=O)=O)c1C#N. The average molecular weight is 250 g/mol. The van der Waals surface area contributed by atoms with Gasteiger partial charge in [-0.1, -0.05) is 12.1 Å². The molecule has 0 bridgehead atoms. The normalized spacial score (nSPS) is 18.7. The number of benzene rings is 1. The van der Waals surface area contributed by atoms with Crippen LogP contribution in [0, 0.1) is 18.3 Å². The van der Waals surface area contributed by atoms with Crippen LogP contribution in [0.15, 0.2) is 18.2 Å². The van der Waals surface area contributed by atoms with Gasteiger partial charge in [-0.2, -0.15) is 5.26 Å². The minimum absolute atomic E-state index is 0.172. The van der Waals surface area contributed by atoms with Crippen LogP contribution in [0.2, 0.25) is 0 Å². The van der Waals surface area contributed by atoms with Crippen LogP contribution >= 0.6 is 0 Å². The summed E-state index contributed by atoms with van der Waals surface area (Å²) in [5.74, 6) is 0.172. The molecule has 1 fully saturated rings. The van der Waals surface area contributed by atoms with Crippen LogP contribution in [-0.4, -0.2) is 20.7 Å². The Kier molecular flexibility index (Phi) is 3.07. The molecule has 0 aromatic heterocycles. The summed E-state index contributed by atoms with van der Waals surface area (Å²) in [7, 11) is -3.24. The summed E-state index contributed by atoms with van der Waals surface area (Å²) in [4.78, 5) is 0. The van der Waals surface area contributed by atoms with Crippen molar-refractivity contribution in [3.63, 3.8) is 0 Å². The first kappa shape index (κ1) is 11.9. The molecule has 0 unspecified atom stereocenters. The van der Waals surface area contributed by atoms with Gasteiger partial charge < -0.3 is 0 Å². The largest absolute Gasteiger partial charge is 0.269 e. The van der Waals surface area contributed by atoms with Gasteiger partial charge in [-0.3, -0.25) is 4.31 Å². The van der Waals surface area contributed by atoms with Crippen molar-refractivity contribution in [2.45, 2.75) is 19.8 Å². The second-order valence-corrected chi connectivity index (χ2v) is 6.19. The highest BCUT2D eigenvalue weighted by atomic mass is 32.2. The first-order valence-corrected chi connectivity index (χ1v) is 7.17. The second-order valence-electron chi connectivity index (χ2n) is 4.18. The molecule has 2 rings (SSSR count). The predicted octanol–water partition coefficient (Wildman–Crippen LogP) is 1.80. The molecule has 1 aliphatic rings. The molecule has 1 aromatic rings. The van der Waals surface area contributed by atoms with Crippen molar-refractivity contribution in [2.75, 3.05) is 16.6 Å². The Morgan fingerprint density at radius 2 is 2.12 bits per heavy atom. The smallest absolute Gasteiger partial charge is 0.235 e. The van der Waals surface area contributed by atoms with Crippen molar-refractivity contribution in [2.24, 2.45) is 0 Å². The van der Waals surface area contributed by atoms with Crippen LogP contribution < -0.4 is 4.31 Å². The van der Waals surface area contributed by atoms with Gasteiger partial charge in [0.05, 0.1) is 17.0 Å². The van der Waals surface area contributed by atoms with Gasteiger partial charge >= 0.3 is 0 Å². The van der Waals surface area contributed by atoms with Crippen LogP contribution in [0.5, 0.6) is 0 Å². The quantitative estimate of drug-likeness (QED) is 0.763. The van der Waals surface area contributed by atoms with Gasteiger partial charge in [0.25, 0.3) is 0 Å². The number of hydrogen-bond donors (Lipinski definition) is 0. The van der Waals surface area contributed by atoms with E-state index in [1.807, 2.05) is 13.0 Å². The summed E-state index contributed by atoms with van der Waals surface area (Å²) >= 11 is 0. The van der Waals surface area contributed by atoms with Gasteiger partial charge in [0, 0.05) is 6.54 Å². The number of hydrogen-bond acceptors (Lipinski definition) is 3. The number of anilines is 1. The van der Waals surface area contributed by atoms with Crippen molar-refractivity contribution in [3.8, 4) is 6.07 Å². The second kappa shape index (κ2) is 4.38. The van der Waals surface area contributed by atoms with Crippen molar-refractivity contribution in [3.05, 3.63) is 29.3 Å². The zero-order valence-corrected chi connectivity index (χ0v) is 10.5. The molecule has 0 radical (unpaired) electrons. The molecule has 0 atom stereocenters. The van der Waals surface area contributed by atoms with Crippen LogP contribution in [0.3, 0.4) is 0 Å². The molecule has 5 heteroatoms. The first-order chi connectivity index (χ1) is 8.06. The standard InChI is InChI=1S/C12H14N2O2S/c1-10-5-4-6-12(11(10)9-13)14-7-2-3-8-17(14,15)16/h4-6H,2-3,7-8H2,1H3. The third-order valence-electron chi connectivity index (χ3n) is 2.98. The molecule has 4 nitrogen and oxygen atoms in total. The van der Waals surface area contributed by atoms with Gasteiger partial charge in [-0.05, 0) is 31.4 Å². The van der Waals surface area contributed by atoms with E-state index < -0.39 is 10.0 Å². The lowest BCUT2D eigenvalue weighted by Gasteiger charge is -2.29. The Morgan fingerprint density at radius 1 is 1.35 bits per heavy atom. The molecule has 1 aromatic carbocycles. The van der Waals surface area contributed by atoms with Gasteiger partial charge in [0.2, 0.25) is 10.0 Å². The van der Waals surface area contributed by atoms with Gasteiger partial charge in [-0.25, -0.2) is 8.42 Å². The van der Waals surface area contributed by atoms with Crippen LogP contribution in [0.1, 0.15) is 24.0 Å². The summed E-state index contributed by atoms with van der Waals surface area (Å²) in [6.07, 6.45) is 1.55. The van der Waals surface area contributed by atoms with Gasteiger partial charge in [0.1, 0.15) is 6.07 Å². The fourth-order valence-corrected chi connectivity index (χ4v) is 3.71. The fraction of sp³-hybridized carbons (Fsp3) is 0.417. The van der Waals surface area contributed by atoms with Crippen molar-refractivity contribution in [1.82, 2.24) is 0 Å². The summed E-state index contributed by atoms with van der Waals surface area (Å²) in [5, 5.41) is 9.13. The molecule has 1 heterocycles. The molecular formula is C12H14N2O2S. The van der Waals surface area contributed by atoms with Crippen molar-refractivity contribution in [1.29, 1.82) is 5.26 Å². The Balaban J connectivity index is 2.54. The lowest BCUT2D eigenvalue weighted by Crippen LogP contribution is -2.38. The number of rotatable bonds is 1. The van der Waals surface area contributed by atoms with Gasteiger partial charge in [0.15, 0.2) is 0 Å². The lowest BCUT2D eigenvalue weighted by atomic mass is 10.1. The van der Waals surface area contributed by atoms with E-state index in [0.29, 0.717) is 24.2 Å². The molecule has 90 valence electrons. The number of aryl methyl sites for hydroxylation is 1. The van der Waals surface area contributed by atoms with E-state index in [2.05, 4.69) is 6.07 Å². The van der Waals surface area contributed by atoms with Crippen LogP contribution in [0.4, 0.5) is 5.69 Å². The molecular weight excluding hydrogens is 236 g/mol. The maximum absolute atomic E-state index is 12.0. The fourth-order valence-electron chi connectivity index (χ4n) is 2.07. The highest BCUT2D eigenvalue weighted by Gasteiger charge is 2.27. The van der Waals surface area contributed by atoms with E-state index in [9.17, 15) is 8.42 Å². The Labute approximate surface area is 102 Å². The third kappa shape index (κ3) is 2.13. The highest BCUT2D eigenvalue weighted by molar-refractivity contribution is 7.92. The van der Waals surface area contributed by atoms with E-state index in [0.717, 1.165) is 12.0 Å².